The van der Waals surface area contributed by atoms with Crippen molar-refractivity contribution in [2.75, 3.05) is 7.11 Å². The maximum absolute atomic E-state index is 12.5. The summed E-state index contributed by atoms with van der Waals surface area (Å²) in [5.41, 5.74) is 5.24. The van der Waals surface area contributed by atoms with Gasteiger partial charge in [0.1, 0.15) is 0 Å². The van der Waals surface area contributed by atoms with Gasteiger partial charge in [-0.15, -0.1) is 11.6 Å². The number of halogens is 1. The number of rotatable bonds is 6. The highest BCUT2D eigenvalue weighted by Crippen LogP contribution is 2.30. The highest BCUT2D eigenvalue weighted by molar-refractivity contribution is 6.17. The van der Waals surface area contributed by atoms with Gasteiger partial charge >= 0.3 is 5.97 Å². The quantitative estimate of drug-likeness (QED) is 0.349. The SMILES string of the molecule is COC(=O)c1cc(-c2ccc(CCl)cc2)cc2ccc(C(C)CC(C)C)nc12. The van der Waals surface area contributed by atoms with Crippen LogP contribution in [0.2, 0.25) is 0 Å². The Kier molecular flexibility index (Phi) is 6.35. The number of carbonyl (C=O) groups excluding carboxylic acids is 1. The normalized spacial score (nSPS) is 12.4. The number of benzene rings is 2. The molecule has 0 saturated heterocycles. The van der Waals surface area contributed by atoms with Crippen LogP contribution in [-0.2, 0) is 10.6 Å². The molecule has 3 aromatic rings. The van der Waals surface area contributed by atoms with Gasteiger partial charge in [-0.05, 0) is 53.1 Å². The van der Waals surface area contributed by atoms with Crippen LogP contribution in [0.15, 0.2) is 48.5 Å². The number of fused-ring (bicyclic) bond motifs is 1. The molecule has 0 amide bonds. The van der Waals surface area contributed by atoms with Gasteiger partial charge in [0, 0.05) is 17.0 Å². The van der Waals surface area contributed by atoms with E-state index in [1.54, 1.807) is 0 Å². The Morgan fingerprint density at radius 1 is 1.04 bits per heavy atom. The third kappa shape index (κ3) is 4.36. The van der Waals surface area contributed by atoms with E-state index in [1.165, 1.54) is 7.11 Å². The van der Waals surface area contributed by atoms with Crippen LogP contribution in [0.4, 0.5) is 0 Å². The molecule has 1 heterocycles. The maximum Gasteiger partial charge on any atom is 0.340 e. The molecule has 28 heavy (non-hydrogen) atoms. The maximum atomic E-state index is 12.5. The molecule has 0 radical (unpaired) electrons. The number of carbonyl (C=O) groups is 1. The summed E-state index contributed by atoms with van der Waals surface area (Å²) in [6.07, 6.45) is 1.05. The zero-order chi connectivity index (χ0) is 20.3. The molecule has 0 fully saturated rings. The van der Waals surface area contributed by atoms with E-state index in [0.29, 0.717) is 28.8 Å². The molecule has 0 bridgehead atoms. The van der Waals surface area contributed by atoms with E-state index in [1.807, 2.05) is 30.3 Å². The lowest BCUT2D eigenvalue weighted by Gasteiger charge is -2.15. The van der Waals surface area contributed by atoms with Crippen molar-refractivity contribution < 1.29 is 9.53 Å². The minimum atomic E-state index is -0.370. The predicted molar refractivity (Wildman–Crippen MR) is 116 cm³/mol. The van der Waals surface area contributed by atoms with Crippen LogP contribution in [0.25, 0.3) is 22.0 Å². The molecule has 3 nitrogen and oxygen atoms in total. The number of esters is 1. The second kappa shape index (κ2) is 8.74. The molecule has 3 rings (SSSR count). The summed E-state index contributed by atoms with van der Waals surface area (Å²) >= 11 is 5.89. The zero-order valence-corrected chi connectivity index (χ0v) is 17.6. The minimum Gasteiger partial charge on any atom is -0.465 e. The Morgan fingerprint density at radius 2 is 1.75 bits per heavy atom. The summed E-state index contributed by atoms with van der Waals surface area (Å²) < 4.78 is 5.04. The summed E-state index contributed by atoms with van der Waals surface area (Å²) in [4.78, 5) is 17.3. The van der Waals surface area contributed by atoms with Gasteiger partial charge in [-0.1, -0.05) is 51.1 Å². The van der Waals surface area contributed by atoms with E-state index in [9.17, 15) is 4.79 Å². The van der Waals surface area contributed by atoms with Gasteiger partial charge in [0.2, 0.25) is 0 Å². The summed E-state index contributed by atoms with van der Waals surface area (Å²) in [7, 11) is 1.40. The van der Waals surface area contributed by atoms with Crippen molar-refractivity contribution in [1.29, 1.82) is 0 Å². The summed E-state index contributed by atoms with van der Waals surface area (Å²) in [6.45, 7) is 6.59. The third-order valence-electron chi connectivity index (χ3n) is 4.99. The third-order valence-corrected chi connectivity index (χ3v) is 5.30. The standard InChI is InChI=1S/C24H26ClNO2/c1-15(2)11-16(3)22-10-9-19-12-20(18-7-5-17(14-25)6-8-18)13-21(23(19)26-22)24(27)28-4/h5-10,12-13,15-16H,11,14H2,1-4H3. The fraction of sp³-hybridized carbons (Fsp3) is 0.333. The molecule has 2 aromatic carbocycles. The first-order chi connectivity index (χ1) is 13.4. The molecule has 0 aliphatic rings. The van der Waals surface area contributed by atoms with Crippen LogP contribution in [-0.4, -0.2) is 18.1 Å². The van der Waals surface area contributed by atoms with Gasteiger partial charge in [-0.25, -0.2) is 4.79 Å². The molecule has 4 heteroatoms. The fourth-order valence-electron chi connectivity index (χ4n) is 3.57. The number of aromatic nitrogens is 1. The van der Waals surface area contributed by atoms with Crippen LogP contribution in [0.3, 0.4) is 0 Å². The molecule has 0 saturated carbocycles. The van der Waals surface area contributed by atoms with Crippen molar-refractivity contribution in [2.45, 2.75) is 39.0 Å². The van der Waals surface area contributed by atoms with Gasteiger partial charge in [-0.3, -0.25) is 4.98 Å². The fourth-order valence-corrected chi connectivity index (χ4v) is 3.75. The number of alkyl halides is 1. The Hall–Kier alpha value is -2.39. The van der Waals surface area contributed by atoms with Crippen LogP contribution in [0.1, 0.15) is 54.7 Å². The van der Waals surface area contributed by atoms with Gasteiger partial charge < -0.3 is 4.74 Å². The molecule has 1 atom stereocenters. The first kappa shape index (κ1) is 20.3. The van der Waals surface area contributed by atoms with Crippen LogP contribution in [0.5, 0.6) is 0 Å². The molecule has 0 N–H and O–H groups in total. The van der Waals surface area contributed by atoms with E-state index in [0.717, 1.165) is 34.2 Å². The molecule has 146 valence electrons. The van der Waals surface area contributed by atoms with Gasteiger partial charge in [0.15, 0.2) is 0 Å². The first-order valence-electron chi connectivity index (χ1n) is 9.61. The topological polar surface area (TPSA) is 39.2 Å². The Morgan fingerprint density at radius 3 is 2.36 bits per heavy atom. The highest BCUT2D eigenvalue weighted by atomic mass is 35.5. The lowest BCUT2D eigenvalue weighted by Crippen LogP contribution is -2.06. The number of hydrogen-bond donors (Lipinski definition) is 0. The molecule has 0 aliphatic heterocycles. The molecular weight excluding hydrogens is 370 g/mol. The molecule has 0 spiro atoms. The summed E-state index contributed by atoms with van der Waals surface area (Å²) in [5.74, 6) is 1.03. The van der Waals surface area contributed by atoms with E-state index in [4.69, 9.17) is 21.3 Å². The van der Waals surface area contributed by atoms with Crippen molar-refractivity contribution >= 4 is 28.5 Å². The lowest BCUT2D eigenvalue weighted by molar-refractivity contribution is 0.0603. The molecular formula is C24H26ClNO2. The number of pyridine rings is 1. The minimum absolute atomic E-state index is 0.331. The van der Waals surface area contributed by atoms with E-state index in [2.05, 4.69) is 39.0 Å². The van der Waals surface area contributed by atoms with E-state index in [-0.39, 0.29) is 5.97 Å². The van der Waals surface area contributed by atoms with Gasteiger partial charge in [0.05, 0.1) is 18.2 Å². The second-order valence-electron chi connectivity index (χ2n) is 7.68. The molecule has 1 unspecified atom stereocenters. The average molecular weight is 396 g/mol. The first-order valence-corrected chi connectivity index (χ1v) is 10.1. The molecule has 1 aromatic heterocycles. The number of nitrogens with zero attached hydrogens (tertiary/aromatic N) is 1. The molecule has 0 aliphatic carbocycles. The Bertz CT molecular complexity index is 980. The average Bonchev–Trinajstić information content (AvgIpc) is 2.71. The predicted octanol–water partition coefficient (Wildman–Crippen LogP) is 6.58. The van der Waals surface area contributed by atoms with Gasteiger partial charge in [-0.2, -0.15) is 0 Å². The van der Waals surface area contributed by atoms with Crippen molar-refractivity contribution in [3.8, 4) is 11.1 Å². The van der Waals surface area contributed by atoms with Crippen molar-refractivity contribution in [1.82, 2.24) is 4.98 Å². The van der Waals surface area contributed by atoms with Gasteiger partial charge in [0.25, 0.3) is 0 Å². The smallest absolute Gasteiger partial charge is 0.340 e. The lowest BCUT2D eigenvalue weighted by atomic mass is 9.94. The number of ether oxygens (including phenoxy) is 1. The van der Waals surface area contributed by atoms with Crippen LogP contribution < -0.4 is 0 Å². The highest BCUT2D eigenvalue weighted by Gasteiger charge is 2.17. The Labute approximate surface area is 171 Å². The van der Waals surface area contributed by atoms with Crippen molar-refractivity contribution in [3.05, 3.63) is 65.4 Å². The zero-order valence-electron chi connectivity index (χ0n) is 16.8. The number of methoxy groups -OCH3 is 1. The van der Waals surface area contributed by atoms with Crippen LogP contribution >= 0.6 is 11.6 Å². The monoisotopic (exact) mass is 395 g/mol. The van der Waals surface area contributed by atoms with Crippen molar-refractivity contribution in [2.24, 2.45) is 5.92 Å². The summed E-state index contributed by atoms with van der Waals surface area (Å²) in [6, 6.07) is 16.1. The number of hydrogen-bond acceptors (Lipinski definition) is 3. The van der Waals surface area contributed by atoms with E-state index >= 15 is 0 Å². The second-order valence-corrected chi connectivity index (χ2v) is 7.95. The largest absolute Gasteiger partial charge is 0.465 e. The summed E-state index contributed by atoms with van der Waals surface area (Å²) in [5, 5.41) is 0.930. The Balaban J connectivity index is 2.12. The van der Waals surface area contributed by atoms with Crippen LogP contribution in [0, 0.1) is 5.92 Å². The van der Waals surface area contributed by atoms with Crippen molar-refractivity contribution in [3.63, 3.8) is 0 Å². The van der Waals surface area contributed by atoms with E-state index < -0.39 is 0 Å².